The average molecular weight is 584 g/mol. The maximum absolute atomic E-state index is 9.89. The Labute approximate surface area is 289 Å². The highest BCUT2D eigenvalue weighted by atomic mass is 16.3. The molecular formula is C43H26O. The third-order valence-corrected chi connectivity index (χ3v) is 7.70. The van der Waals surface area contributed by atoms with Crippen LogP contribution in [0.1, 0.15) is 45.4 Å². The number of rotatable bonds is 2. The molecule has 0 saturated carbocycles. The van der Waals surface area contributed by atoms with Crippen LogP contribution < -0.4 is 0 Å². The Kier molecular flexibility index (Phi) is 2.07. The Morgan fingerprint density at radius 3 is 1.91 bits per heavy atom. The predicted octanol–water partition coefficient (Wildman–Crippen LogP) is 12.0. The van der Waals surface area contributed by atoms with E-state index in [1.165, 1.54) is 0 Å². The summed E-state index contributed by atoms with van der Waals surface area (Å²) >= 11 is 0. The molecular weight excluding hydrogens is 532 g/mol. The van der Waals surface area contributed by atoms with E-state index >= 15 is 0 Å². The summed E-state index contributed by atoms with van der Waals surface area (Å²) < 4.78 is 232. The fraction of sp³-hybridized carbons (Fsp3) is 0.0233. The summed E-state index contributed by atoms with van der Waals surface area (Å²) in [7, 11) is 0. The van der Waals surface area contributed by atoms with Gasteiger partial charge in [-0.3, -0.25) is 0 Å². The van der Waals surface area contributed by atoms with Crippen LogP contribution in [0.4, 0.5) is 0 Å². The van der Waals surface area contributed by atoms with Crippen molar-refractivity contribution in [3.63, 3.8) is 0 Å². The fourth-order valence-electron chi connectivity index (χ4n) is 5.93. The van der Waals surface area contributed by atoms with Gasteiger partial charge < -0.3 is 4.42 Å². The lowest BCUT2D eigenvalue weighted by atomic mass is 9.83. The lowest BCUT2D eigenvalue weighted by Crippen LogP contribution is -1.93. The molecule has 0 atom stereocenters. The minimum Gasteiger partial charge on any atom is -0.456 e. The molecule has 0 aliphatic heterocycles. The molecule has 1 aliphatic rings. The van der Waals surface area contributed by atoms with Gasteiger partial charge in [-0.05, 0) is 101 Å². The molecule has 9 aromatic rings. The topological polar surface area (TPSA) is 13.1 Å². The molecule has 44 heavy (non-hydrogen) atoms. The largest absolute Gasteiger partial charge is 0.456 e. The third kappa shape index (κ3) is 3.24. The van der Waals surface area contributed by atoms with Gasteiger partial charge >= 0.3 is 0 Å². The van der Waals surface area contributed by atoms with Gasteiger partial charge in [0.1, 0.15) is 11.2 Å². The molecule has 0 saturated heterocycles. The Morgan fingerprint density at radius 1 is 0.477 bits per heavy atom. The monoisotopic (exact) mass is 583 g/mol. The maximum atomic E-state index is 9.89. The Balaban J connectivity index is 1.54. The predicted molar refractivity (Wildman–Crippen MR) is 185 cm³/mol. The molecule has 0 amide bonds. The van der Waals surface area contributed by atoms with E-state index in [4.69, 9.17) is 25.0 Å². The molecule has 8 aromatic carbocycles. The zero-order valence-electron chi connectivity index (χ0n) is 47.0. The Morgan fingerprint density at radius 2 is 1.11 bits per heavy atom. The van der Waals surface area contributed by atoms with Crippen LogP contribution in [0, 0.1) is 0 Å². The van der Waals surface area contributed by atoms with Crippen molar-refractivity contribution in [1.82, 2.24) is 0 Å². The van der Waals surface area contributed by atoms with E-state index in [1.54, 1.807) is 0 Å². The fourth-order valence-corrected chi connectivity index (χ4v) is 5.93. The minimum atomic E-state index is -2.82. The lowest BCUT2D eigenvalue weighted by Gasteiger charge is -2.19. The molecule has 1 aromatic heterocycles. The van der Waals surface area contributed by atoms with Gasteiger partial charge in [-0.25, -0.2) is 0 Å². The first kappa shape index (κ1) is 10.2. The van der Waals surface area contributed by atoms with E-state index in [-0.39, 0.29) is 5.39 Å². The van der Waals surface area contributed by atoms with Gasteiger partial charge in [0.2, 0.25) is 0 Å². The molecule has 0 N–H and O–H groups in total. The first-order valence-corrected chi connectivity index (χ1v) is 13.2. The van der Waals surface area contributed by atoms with Crippen LogP contribution in [0.5, 0.6) is 0 Å². The second-order valence-corrected chi connectivity index (χ2v) is 9.96. The summed E-state index contributed by atoms with van der Waals surface area (Å²) in [6, 6.07) is -18.5. The lowest BCUT2D eigenvalue weighted by molar-refractivity contribution is 0.669. The highest BCUT2D eigenvalue weighted by molar-refractivity contribution is 6.24. The number of hydrogen-bond donors (Lipinski definition) is 0. The minimum absolute atomic E-state index is 0.374. The van der Waals surface area contributed by atoms with Gasteiger partial charge in [-0.15, -0.1) is 0 Å². The van der Waals surface area contributed by atoms with Crippen molar-refractivity contribution in [2.24, 2.45) is 0 Å². The zero-order chi connectivity index (χ0) is 50.6. The van der Waals surface area contributed by atoms with Crippen molar-refractivity contribution in [2.75, 3.05) is 0 Å². The molecule has 0 fully saturated rings. The third-order valence-electron chi connectivity index (χ3n) is 7.70. The molecule has 0 radical (unpaired) electrons. The van der Waals surface area contributed by atoms with Crippen molar-refractivity contribution in [1.29, 1.82) is 0 Å². The second-order valence-electron chi connectivity index (χ2n) is 9.96. The number of hydrogen-bond acceptors (Lipinski definition) is 1. The van der Waals surface area contributed by atoms with Gasteiger partial charge in [-0.1, -0.05) is 127 Å². The maximum Gasteiger partial charge on any atom is 0.136 e. The van der Waals surface area contributed by atoms with Crippen molar-refractivity contribution < 1.29 is 38.7 Å². The van der Waals surface area contributed by atoms with Crippen molar-refractivity contribution in [2.45, 2.75) is 6.37 Å². The molecule has 10 rings (SSSR count). The number of furan rings is 1. The quantitative estimate of drug-likeness (QED) is 0.185. The normalized spacial score (nSPS) is 21.6. The molecule has 0 unspecified atom stereocenters. The molecule has 0 spiro atoms. The van der Waals surface area contributed by atoms with Gasteiger partial charge in [0.05, 0.1) is 31.5 Å². The molecule has 1 heterocycles. The summed E-state index contributed by atoms with van der Waals surface area (Å²) in [5.41, 5.74) is -5.76. The van der Waals surface area contributed by atoms with E-state index in [1.807, 2.05) is 0 Å². The second kappa shape index (κ2) is 8.92. The van der Waals surface area contributed by atoms with Crippen LogP contribution in [0.2, 0.25) is 0 Å². The summed E-state index contributed by atoms with van der Waals surface area (Å²) in [5.74, 6) is 0. The van der Waals surface area contributed by atoms with E-state index in [9.17, 15) is 13.7 Å². The van der Waals surface area contributed by atoms with Crippen molar-refractivity contribution in [3.05, 3.63) is 156 Å². The van der Waals surface area contributed by atoms with Crippen LogP contribution in [0.25, 0.3) is 87.6 Å². The van der Waals surface area contributed by atoms with Crippen molar-refractivity contribution >= 4 is 54.3 Å². The van der Waals surface area contributed by atoms with Crippen LogP contribution in [0.3, 0.4) is 0 Å². The average Bonchev–Trinajstić information content (AvgIpc) is 3.82. The molecule has 1 heteroatoms. The molecule has 1 aliphatic carbocycles. The van der Waals surface area contributed by atoms with Crippen LogP contribution >= 0.6 is 0 Å². The summed E-state index contributed by atoms with van der Waals surface area (Å²) in [4.78, 5) is 0. The molecule has 204 valence electrons. The number of fused-ring (bicyclic) bond motifs is 10. The summed E-state index contributed by atoms with van der Waals surface area (Å²) in [5, 5.41) is -4.41. The van der Waals surface area contributed by atoms with Gasteiger partial charge in [0.25, 0.3) is 0 Å². The first-order valence-electron chi connectivity index (χ1n) is 25.7. The number of benzene rings is 8. The van der Waals surface area contributed by atoms with E-state index in [2.05, 4.69) is 0 Å². The SMILES string of the molecule is [2H]c1cc2c(c(-c3c4c([2H])c([2H])c([2H])c([2H])c4c(-c4c([2H])c([2H])c5oc6c([2H])c([2H])c7c([2H])c([2H])c([2H])c([2H])c7c6c5c4[2H])c4c([2H])c([2H])c([2H])c([2H])c34)c1[2H])-c1c([2H])c([2H])c([2H])c([2H])c1C2([2H])[2H]. The Hall–Kier alpha value is -5.66. The van der Waals surface area contributed by atoms with Gasteiger partial charge in [0.15, 0.2) is 0 Å². The highest BCUT2D eigenvalue weighted by Crippen LogP contribution is 2.49. The first-order chi connectivity index (χ1) is 32.2. The standard InChI is InChI=1S/C43H26O/c1-3-13-30-26(10-1)20-23-39-43(30)37-25-29(21-22-38(37)44-39)41-32-15-5-7-17-34(32)42(35-18-8-6-16-33(35)41)36-19-9-12-28-24-27-11-2-4-14-31(27)40(28)36/h1-23,25H,24H2/i1D,2D,3D,4D,5D,6D,7D,8D,9D,10D,11D,13D,14D,15D,16D,17D,18D,19D,20D,21D,22D,23D,24D2,25D. The smallest absolute Gasteiger partial charge is 0.136 e. The van der Waals surface area contributed by atoms with E-state index < -0.39 is 239 Å². The zero-order valence-corrected chi connectivity index (χ0v) is 22.0. The van der Waals surface area contributed by atoms with Crippen molar-refractivity contribution in [3.8, 4) is 33.4 Å². The molecule has 1 nitrogen and oxygen atoms in total. The Bertz CT molecular complexity index is 3940. The van der Waals surface area contributed by atoms with Gasteiger partial charge in [-0.2, -0.15) is 0 Å². The van der Waals surface area contributed by atoms with E-state index in [0.717, 1.165) is 6.07 Å². The molecule has 0 bridgehead atoms. The highest BCUT2D eigenvalue weighted by Gasteiger charge is 2.25. The van der Waals surface area contributed by atoms with Crippen LogP contribution in [-0.4, -0.2) is 0 Å². The van der Waals surface area contributed by atoms with Crippen LogP contribution in [0.15, 0.2) is 149 Å². The summed E-state index contributed by atoms with van der Waals surface area (Å²) in [6.07, 6.45) is -2.82. The van der Waals surface area contributed by atoms with Crippen LogP contribution in [-0.2, 0) is 6.37 Å². The summed E-state index contributed by atoms with van der Waals surface area (Å²) in [6.45, 7) is 0. The van der Waals surface area contributed by atoms with Gasteiger partial charge in [0, 0.05) is 13.5 Å². The van der Waals surface area contributed by atoms with E-state index in [0.29, 0.717) is 0 Å².